The number of aliphatic hydroxyl groups excluding tert-OH is 17. The highest BCUT2D eigenvalue weighted by atomic mass is 32.1. The smallest absolute Gasteiger partial charge is 0.319 e. The van der Waals surface area contributed by atoms with Crippen molar-refractivity contribution in [1.82, 2.24) is 0 Å². The van der Waals surface area contributed by atoms with E-state index in [1.54, 1.807) is 0 Å². The lowest BCUT2D eigenvalue weighted by molar-refractivity contribution is -0.404. The maximum absolute atomic E-state index is 13.7. The predicted octanol–water partition coefficient (Wildman–Crippen LogP) is -10.2. The first kappa shape index (κ1) is 62.3. The van der Waals surface area contributed by atoms with Crippen molar-refractivity contribution in [3.05, 3.63) is 0 Å². The molecule has 22 heterocycles. The first-order chi connectivity index (χ1) is 36.3. The molecule has 22 aliphatic heterocycles. The number of esters is 1. The molecule has 31 atom stereocenters. The Balaban J connectivity index is 1.22. The lowest BCUT2D eigenvalue weighted by atomic mass is 9.94. The molecular weight excluding hydrogens is 1060 g/mol. The second kappa shape index (κ2) is 27.6. The molecule has 442 valence electrons. The van der Waals surface area contributed by atoms with Crippen molar-refractivity contribution in [2.75, 3.05) is 39.6 Å². The van der Waals surface area contributed by atoms with Gasteiger partial charge in [0.2, 0.25) is 0 Å². The molecule has 22 rings (SSSR count). The van der Waals surface area contributed by atoms with Gasteiger partial charge in [-0.2, -0.15) is 12.6 Å². The maximum Gasteiger partial charge on any atom is 0.319 e. The number of rotatable bonds is 13. The van der Waals surface area contributed by atoms with Crippen molar-refractivity contribution in [2.24, 2.45) is 0 Å². The van der Waals surface area contributed by atoms with Crippen molar-refractivity contribution in [1.29, 1.82) is 0 Å². The molecule has 22 saturated heterocycles. The van der Waals surface area contributed by atoms with Crippen LogP contribution < -0.4 is 0 Å². The Kier molecular flexibility index (Phi) is 22.6. The Bertz CT molecular complexity index is 1770. The Morgan fingerprint density at radius 2 is 0.618 bits per heavy atom. The van der Waals surface area contributed by atoms with Crippen molar-refractivity contribution < 1.29 is 153 Å². The van der Waals surface area contributed by atoms with Gasteiger partial charge in [0.05, 0.1) is 44.9 Å². The summed E-state index contributed by atoms with van der Waals surface area (Å²) in [5, 5.41) is 187. The van der Waals surface area contributed by atoms with Gasteiger partial charge in [-0.3, -0.25) is 4.79 Å². The molecule has 22 aliphatic rings. The Morgan fingerprint density at radius 1 is 0.368 bits per heavy atom. The van der Waals surface area contributed by atoms with Crippen molar-refractivity contribution in [2.45, 2.75) is 229 Å². The van der Waals surface area contributed by atoms with Crippen LogP contribution in [0.2, 0.25) is 0 Å². The van der Waals surface area contributed by atoms with Gasteiger partial charge in [0.1, 0.15) is 140 Å². The zero-order valence-corrected chi connectivity index (χ0v) is 41.8. The minimum absolute atomic E-state index is 0.199. The van der Waals surface area contributed by atoms with Gasteiger partial charge in [-0.05, 0) is 6.42 Å². The molecule has 0 aliphatic carbocycles. The first-order valence-electron chi connectivity index (χ1n) is 25.2. The van der Waals surface area contributed by atoms with Gasteiger partial charge in [-0.25, -0.2) is 0 Å². The van der Waals surface area contributed by atoms with Crippen LogP contribution in [-0.2, 0) is 66.4 Å². The molecule has 0 radical (unpaired) electrons. The normalized spacial score (nSPS) is 50.0. The van der Waals surface area contributed by atoms with Gasteiger partial charge in [-0.1, -0.05) is 32.6 Å². The number of hydrogen-bond acceptors (Lipinski definition) is 32. The Morgan fingerprint density at radius 3 is 0.882 bits per heavy atom. The molecule has 0 aromatic rings. The minimum Gasteiger partial charge on any atom is -0.456 e. The van der Waals surface area contributed by atoms with Crippen LogP contribution in [0.25, 0.3) is 0 Å². The highest BCUT2D eigenvalue weighted by Gasteiger charge is 2.59. The lowest BCUT2D eigenvalue weighted by Gasteiger charge is -2.51. The molecule has 31 nitrogen and oxygen atoms in total. The standard InChI is InChI=1S/C44H74O31S/c1-2-3-4-5-6-19(76)38(62)69-37-30(61)44-68-18(12-50)36(37)75-43-29(60)24(55)34(16(10-48)67-43)73-41-27(58)22(53)32(14(8-46)65-41)71-39-25(56)20(51)31(13(7-45)63-39)70-40-26(57)21(52)33(15(9-47)64-40)72-42-28(59)23(54)35(74-44)17(11-49)66-42/h13-37,39-61,76H,2-12H2,1H3/t13-,14-,15-,16-,17-,18-,19?,20-,21-,22-,23-,24-,25-,26-,27-,28-,29-,30-,31-,32-,33-,34-,35-,36+,37-,39-,40-,41-,42-,43-,44-/m1/s1. The molecule has 76 heavy (non-hydrogen) atoms. The second-order valence-corrected chi connectivity index (χ2v) is 20.2. The van der Waals surface area contributed by atoms with Crippen LogP contribution in [0.5, 0.6) is 0 Å². The average molecular weight is 1130 g/mol. The fraction of sp³-hybridized carbons (Fsp3) is 0.977. The van der Waals surface area contributed by atoms with Gasteiger partial charge in [0.25, 0.3) is 0 Å². The van der Waals surface area contributed by atoms with E-state index in [1.807, 2.05) is 6.92 Å². The van der Waals surface area contributed by atoms with E-state index >= 15 is 0 Å². The zero-order valence-electron chi connectivity index (χ0n) is 40.9. The summed E-state index contributed by atoms with van der Waals surface area (Å²) in [5.74, 6) is -1.02. The SMILES string of the molecule is CCCCCCC(S)C(=O)O[C@@H]1[C@@H](O)[C@H]2O[C@H]3[C@H](O)[C@@H](O)[C@@H](O[C@H]4[C@H](O)[C@@H](O)[C@@H](O[C@H]5[C@H](O)[C@@H](O)[C@@H](O[C@H]6[C@H](O)[C@@H](O)[C@@H](O[C@H]7[C@H](O)[C@@H](O)[C@@H](O[C@H]1[C@@H](CO)O2)O[C@@H]7CO)O[C@@H]6CO)O[C@@H]5CO)O[C@@H]4CO)O[C@@H]3CO. The highest BCUT2D eigenvalue weighted by Crippen LogP contribution is 2.39. The monoisotopic (exact) mass is 1130 g/mol. The summed E-state index contributed by atoms with van der Waals surface area (Å²) in [5.41, 5.74) is 0. The van der Waals surface area contributed by atoms with E-state index in [0.29, 0.717) is 6.42 Å². The third kappa shape index (κ3) is 13.1. The van der Waals surface area contributed by atoms with Crippen molar-refractivity contribution in [3.63, 3.8) is 0 Å². The largest absolute Gasteiger partial charge is 0.456 e. The number of thiol groups is 1. The van der Waals surface area contributed by atoms with E-state index in [2.05, 4.69) is 12.6 Å². The molecular formula is C44H74O31S. The van der Waals surface area contributed by atoms with Crippen LogP contribution in [0.15, 0.2) is 0 Å². The molecule has 32 heteroatoms. The van der Waals surface area contributed by atoms with Crippen LogP contribution in [-0.4, -0.2) is 322 Å². The Hall–Kier alpha value is -1.34. The highest BCUT2D eigenvalue weighted by molar-refractivity contribution is 7.81. The molecule has 22 fully saturated rings. The van der Waals surface area contributed by atoms with Gasteiger partial charge in [-0.15, -0.1) is 0 Å². The fourth-order valence-corrected chi connectivity index (χ4v) is 10.4. The minimum atomic E-state index is -2.21. The van der Waals surface area contributed by atoms with E-state index in [0.717, 1.165) is 19.3 Å². The van der Waals surface area contributed by atoms with Crippen LogP contribution in [0, 0.1) is 0 Å². The number of carbonyl (C=O) groups is 1. The summed E-state index contributed by atoms with van der Waals surface area (Å²) >= 11 is 4.39. The Labute approximate surface area is 439 Å². The summed E-state index contributed by atoms with van der Waals surface area (Å²) in [6.45, 7) is -4.17. The third-order valence-electron chi connectivity index (χ3n) is 14.5. The van der Waals surface area contributed by atoms with E-state index in [1.165, 1.54) is 0 Å². The number of unbranched alkanes of at least 4 members (excludes halogenated alkanes) is 3. The van der Waals surface area contributed by atoms with E-state index in [9.17, 15) is 91.6 Å². The van der Waals surface area contributed by atoms with Crippen molar-refractivity contribution in [3.8, 4) is 0 Å². The van der Waals surface area contributed by atoms with E-state index in [-0.39, 0.29) is 6.42 Å². The molecule has 17 N–H and O–H groups in total. The van der Waals surface area contributed by atoms with Crippen molar-refractivity contribution >= 4 is 18.6 Å². The van der Waals surface area contributed by atoms with Crippen LogP contribution in [0.4, 0.5) is 0 Å². The van der Waals surface area contributed by atoms with Gasteiger partial charge in [0.15, 0.2) is 43.8 Å². The number of hydrogen-bond donors (Lipinski definition) is 18. The zero-order chi connectivity index (χ0) is 55.4. The quantitative estimate of drug-likeness (QED) is 0.0463. The molecule has 1 unspecified atom stereocenters. The predicted molar refractivity (Wildman–Crippen MR) is 241 cm³/mol. The summed E-state index contributed by atoms with van der Waals surface area (Å²) < 4.78 is 75.2. The van der Waals surface area contributed by atoms with E-state index in [4.69, 9.17) is 61.6 Å². The van der Waals surface area contributed by atoms with Gasteiger partial charge >= 0.3 is 5.97 Å². The molecule has 0 aromatic carbocycles. The second-order valence-electron chi connectivity index (χ2n) is 19.6. The maximum atomic E-state index is 13.7. The molecule has 0 amide bonds. The fourth-order valence-electron chi connectivity index (χ4n) is 10.1. The third-order valence-corrected chi connectivity index (χ3v) is 15.0. The summed E-state index contributed by atoms with van der Waals surface area (Å²) in [6.07, 6.45) is -56.3. The molecule has 0 aromatic heterocycles. The lowest BCUT2D eigenvalue weighted by Crippen LogP contribution is -2.69. The number of ether oxygens (including phenoxy) is 13. The van der Waals surface area contributed by atoms with Crippen LogP contribution >= 0.6 is 12.6 Å². The van der Waals surface area contributed by atoms with Crippen LogP contribution in [0.1, 0.15) is 39.0 Å². The number of aliphatic hydroxyl groups is 17. The molecule has 0 saturated carbocycles. The number of carbonyl (C=O) groups excluding carboxylic acids is 1. The van der Waals surface area contributed by atoms with Gasteiger partial charge < -0.3 is 148 Å². The summed E-state index contributed by atoms with van der Waals surface area (Å²) in [7, 11) is 0. The summed E-state index contributed by atoms with van der Waals surface area (Å²) in [4.78, 5) is 13.7. The average Bonchev–Trinajstić information content (AvgIpc) is 3.42. The first-order valence-corrected chi connectivity index (χ1v) is 25.7. The molecule has 12 bridgehead atoms. The summed E-state index contributed by atoms with van der Waals surface area (Å²) in [6, 6.07) is 0. The topological polar surface area (TPSA) is 481 Å². The van der Waals surface area contributed by atoms with Crippen LogP contribution in [0.3, 0.4) is 0 Å². The van der Waals surface area contributed by atoms with Gasteiger partial charge in [0, 0.05) is 0 Å². The molecule has 0 spiro atoms. The van der Waals surface area contributed by atoms with E-state index < -0.39 is 235 Å².